The maximum atomic E-state index is 12.3. The van der Waals surface area contributed by atoms with Gasteiger partial charge in [-0.3, -0.25) is 5.32 Å². The van der Waals surface area contributed by atoms with Crippen LogP contribution in [-0.2, 0) is 6.42 Å². The fraction of sp³-hybridized carbons (Fsp3) is 0.438. The lowest BCUT2D eigenvalue weighted by Crippen LogP contribution is -2.31. The molecule has 0 aliphatic carbocycles. The Hall–Kier alpha value is -2.29. The van der Waals surface area contributed by atoms with Gasteiger partial charge in [0.1, 0.15) is 10.8 Å². The molecule has 0 fully saturated rings. The summed E-state index contributed by atoms with van der Waals surface area (Å²) < 4.78 is 28.9. The zero-order valence-electron chi connectivity index (χ0n) is 14.0. The Balaban J connectivity index is 1.90. The number of nitrogens with one attached hydrogen (secondary N) is 2. The number of hydrogen-bond donors (Lipinski definition) is 2. The van der Waals surface area contributed by atoms with Gasteiger partial charge in [0.05, 0.1) is 6.04 Å². The third-order valence-electron chi connectivity index (χ3n) is 3.36. The molecule has 0 aliphatic rings. The van der Waals surface area contributed by atoms with E-state index in [2.05, 4.69) is 32.5 Å². The highest BCUT2D eigenvalue weighted by molar-refractivity contribution is 7.15. The second-order valence-electron chi connectivity index (χ2n) is 5.38. The molecule has 2 rings (SSSR count). The molecule has 136 valence electrons. The zero-order valence-corrected chi connectivity index (χ0v) is 14.8. The predicted molar refractivity (Wildman–Crippen MR) is 92.2 cm³/mol. The number of aromatic nitrogens is 2. The van der Waals surface area contributed by atoms with E-state index >= 15 is 0 Å². The van der Waals surface area contributed by atoms with Crippen LogP contribution < -0.4 is 15.4 Å². The lowest BCUT2D eigenvalue weighted by atomic mass is 10.1. The largest absolute Gasteiger partial charge is 0.435 e. The third kappa shape index (κ3) is 6.26. The molecule has 6 nitrogen and oxygen atoms in total. The molecule has 1 heterocycles. The number of aryl methyl sites for hydroxylation is 1. The number of halogens is 2. The van der Waals surface area contributed by atoms with Crippen LogP contribution in [0, 0.1) is 0 Å². The lowest BCUT2D eigenvalue weighted by molar-refractivity contribution is -0.0499. The number of urea groups is 1. The molecule has 1 aromatic carbocycles. The van der Waals surface area contributed by atoms with Crippen LogP contribution in [0.3, 0.4) is 0 Å². The van der Waals surface area contributed by atoms with Gasteiger partial charge < -0.3 is 10.1 Å². The van der Waals surface area contributed by atoms with Crippen molar-refractivity contribution in [2.24, 2.45) is 0 Å². The number of anilines is 1. The molecule has 2 aromatic rings. The molecule has 25 heavy (non-hydrogen) atoms. The van der Waals surface area contributed by atoms with Crippen LogP contribution >= 0.6 is 11.3 Å². The fourth-order valence-corrected chi connectivity index (χ4v) is 2.88. The zero-order chi connectivity index (χ0) is 18.2. The van der Waals surface area contributed by atoms with Crippen molar-refractivity contribution in [3.8, 4) is 5.75 Å². The first-order valence-corrected chi connectivity index (χ1v) is 8.74. The summed E-state index contributed by atoms with van der Waals surface area (Å²) in [7, 11) is 0. The van der Waals surface area contributed by atoms with Crippen molar-refractivity contribution in [3.05, 3.63) is 34.8 Å². The molecule has 0 radical (unpaired) electrons. The summed E-state index contributed by atoms with van der Waals surface area (Å²) in [4.78, 5) is 12.0. The van der Waals surface area contributed by atoms with E-state index in [0.717, 1.165) is 24.3 Å². The molecular formula is C16H20F2N4O2S. The van der Waals surface area contributed by atoms with Crippen molar-refractivity contribution in [2.75, 3.05) is 5.32 Å². The highest BCUT2D eigenvalue weighted by Gasteiger charge is 2.13. The Labute approximate surface area is 148 Å². The second kappa shape index (κ2) is 9.26. The number of carbonyl (C=O) groups excluding carboxylic acids is 1. The van der Waals surface area contributed by atoms with E-state index in [1.165, 1.54) is 23.5 Å². The summed E-state index contributed by atoms with van der Waals surface area (Å²) in [5.41, 5.74) is 0.647. The van der Waals surface area contributed by atoms with E-state index < -0.39 is 18.7 Å². The number of nitrogens with zero attached hydrogens (tertiary/aromatic N) is 2. The SMILES string of the molecule is CCCCc1nnc(NC(=O)NC(C)c2cccc(OC(F)F)c2)s1. The van der Waals surface area contributed by atoms with Crippen LogP contribution in [0.15, 0.2) is 24.3 Å². The molecule has 1 unspecified atom stereocenters. The van der Waals surface area contributed by atoms with Gasteiger partial charge in [0.25, 0.3) is 0 Å². The minimum Gasteiger partial charge on any atom is -0.435 e. The van der Waals surface area contributed by atoms with Gasteiger partial charge in [-0.25, -0.2) is 4.79 Å². The quantitative estimate of drug-likeness (QED) is 0.724. The van der Waals surface area contributed by atoms with Gasteiger partial charge >= 0.3 is 12.6 Å². The number of rotatable bonds is 8. The topological polar surface area (TPSA) is 76.1 Å². The molecule has 0 aliphatic heterocycles. The molecular weight excluding hydrogens is 350 g/mol. The molecule has 0 saturated carbocycles. The molecule has 0 bridgehead atoms. The second-order valence-corrected chi connectivity index (χ2v) is 6.44. The number of amides is 2. The number of benzene rings is 1. The standard InChI is InChI=1S/C16H20F2N4O2S/c1-3-4-8-13-21-22-16(25-13)20-15(23)19-10(2)11-6-5-7-12(9-11)24-14(17)18/h5-7,9-10,14H,3-4,8H2,1-2H3,(H2,19,20,22,23). The molecule has 2 amide bonds. The van der Waals surface area contributed by atoms with Gasteiger partial charge in [-0.15, -0.1) is 10.2 Å². The van der Waals surface area contributed by atoms with E-state index in [9.17, 15) is 13.6 Å². The van der Waals surface area contributed by atoms with Crippen LogP contribution in [0.1, 0.15) is 43.3 Å². The summed E-state index contributed by atoms with van der Waals surface area (Å²) in [5.74, 6) is 0.0475. The highest BCUT2D eigenvalue weighted by Crippen LogP contribution is 2.21. The van der Waals surface area contributed by atoms with Crippen LogP contribution in [0.2, 0.25) is 0 Å². The van der Waals surface area contributed by atoms with Crippen molar-refractivity contribution in [1.29, 1.82) is 0 Å². The Kier molecular flexibility index (Phi) is 7.05. The third-order valence-corrected chi connectivity index (χ3v) is 4.26. The summed E-state index contributed by atoms with van der Waals surface area (Å²) >= 11 is 1.34. The number of alkyl halides is 2. The predicted octanol–water partition coefficient (Wildman–Crippen LogP) is 4.36. The van der Waals surface area contributed by atoms with E-state index in [1.807, 2.05) is 0 Å². The monoisotopic (exact) mass is 370 g/mol. The Bertz CT molecular complexity index is 696. The summed E-state index contributed by atoms with van der Waals surface area (Å²) in [6, 6.07) is 5.37. The number of ether oxygens (including phenoxy) is 1. The molecule has 1 atom stereocenters. The minimum absolute atomic E-state index is 0.0475. The van der Waals surface area contributed by atoms with E-state index in [1.54, 1.807) is 19.1 Å². The summed E-state index contributed by atoms with van der Waals surface area (Å²) in [6.07, 6.45) is 2.92. The fourth-order valence-electron chi connectivity index (χ4n) is 2.11. The number of unbranched alkanes of at least 4 members (excludes halogenated alkanes) is 1. The van der Waals surface area contributed by atoms with Crippen molar-refractivity contribution in [3.63, 3.8) is 0 Å². The van der Waals surface area contributed by atoms with Crippen LogP contribution in [0.25, 0.3) is 0 Å². The number of carbonyl (C=O) groups is 1. The van der Waals surface area contributed by atoms with E-state index in [4.69, 9.17) is 0 Å². The maximum Gasteiger partial charge on any atom is 0.387 e. The average Bonchev–Trinajstić information content (AvgIpc) is 2.99. The van der Waals surface area contributed by atoms with E-state index in [0.29, 0.717) is 10.7 Å². The van der Waals surface area contributed by atoms with Gasteiger partial charge in [0, 0.05) is 6.42 Å². The van der Waals surface area contributed by atoms with Crippen molar-refractivity contribution >= 4 is 22.5 Å². The lowest BCUT2D eigenvalue weighted by Gasteiger charge is -2.15. The normalized spacial score (nSPS) is 12.0. The van der Waals surface area contributed by atoms with Crippen molar-refractivity contribution < 1.29 is 18.3 Å². The molecule has 0 spiro atoms. The van der Waals surface area contributed by atoms with Gasteiger partial charge in [-0.1, -0.05) is 36.8 Å². The van der Waals surface area contributed by atoms with Crippen LogP contribution in [-0.4, -0.2) is 22.8 Å². The summed E-state index contributed by atoms with van der Waals surface area (Å²) in [6.45, 7) is 0.950. The minimum atomic E-state index is -2.89. The molecule has 1 aromatic heterocycles. The Morgan fingerprint density at radius 2 is 2.16 bits per heavy atom. The highest BCUT2D eigenvalue weighted by atomic mass is 32.1. The van der Waals surface area contributed by atoms with Crippen LogP contribution in [0.5, 0.6) is 5.75 Å². The Morgan fingerprint density at radius 1 is 1.36 bits per heavy atom. The summed E-state index contributed by atoms with van der Waals surface area (Å²) in [5, 5.41) is 14.6. The first-order valence-electron chi connectivity index (χ1n) is 7.92. The molecule has 9 heteroatoms. The molecule has 0 saturated heterocycles. The van der Waals surface area contributed by atoms with Gasteiger partial charge in [-0.05, 0) is 31.0 Å². The molecule has 2 N–H and O–H groups in total. The van der Waals surface area contributed by atoms with Crippen molar-refractivity contribution in [1.82, 2.24) is 15.5 Å². The van der Waals surface area contributed by atoms with Gasteiger partial charge in [-0.2, -0.15) is 8.78 Å². The van der Waals surface area contributed by atoms with Crippen LogP contribution in [0.4, 0.5) is 18.7 Å². The Morgan fingerprint density at radius 3 is 2.88 bits per heavy atom. The van der Waals surface area contributed by atoms with Crippen molar-refractivity contribution in [2.45, 2.75) is 45.8 Å². The van der Waals surface area contributed by atoms with E-state index in [-0.39, 0.29) is 5.75 Å². The number of hydrogen-bond acceptors (Lipinski definition) is 5. The van der Waals surface area contributed by atoms with Gasteiger partial charge in [0.2, 0.25) is 5.13 Å². The average molecular weight is 370 g/mol. The van der Waals surface area contributed by atoms with Gasteiger partial charge in [0.15, 0.2) is 0 Å². The first kappa shape index (κ1) is 19.0. The smallest absolute Gasteiger partial charge is 0.387 e. The maximum absolute atomic E-state index is 12.3. The first-order chi connectivity index (χ1) is 12.0.